The van der Waals surface area contributed by atoms with Gasteiger partial charge in [0.15, 0.2) is 5.65 Å². The number of hydrogen-bond acceptors (Lipinski definition) is 2. The maximum Gasteiger partial charge on any atom is 0.155 e. The second kappa shape index (κ2) is 3.45. The van der Waals surface area contributed by atoms with E-state index in [9.17, 15) is 0 Å². The molecular weight excluding hydrogens is 198 g/mol. The van der Waals surface area contributed by atoms with E-state index in [0.717, 1.165) is 22.6 Å². The van der Waals surface area contributed by atoms with Gasteiger partial charge in [-0.3, -0.25) is 0 Å². The van der Waals surface area contributed by atoms with Crippen molar-refractivity contribution in [2.24, 2.45) is 0 Å². The zero-order valence-corrected chi connectivity index (χ0v) is 8.96. The third kappa shape index (κ3) is 1.37. The third-order valence-corrected chi connectivity index (χ3v) is 2.62. The molecule has 0 fully saturated rings. The Morgan fingerprint density at radius 2 is 1.88 bits per heavy atom. The van der Waals surface area contributed by atoms with Crippen LogP contribution in [0.25, 0.3) is 16.9 Å². The fourth-order valence-electron chi connectivity index (χ4n) is 1.76. The second-order valence-corrected chi connectivity index (χ2v) is 3.75. The van der Waals surface area contributed by atoms with Crippen LogP contribution >= 0.6 is 0 Å². The van der Waals surface area contributed by atoms with Crippen molar-refractivity contribution in [3.63, 3.8) is 0 Å². The quantitative estimate of drug-likeness (QED) is 0.616. The summed E-state index contributed by atoms with van der Waals surface area (Å²) in [5, 5.41) is 4.54. The van der Waals surface area contributed by atoms with E-state index in [1.807, 2.05) is 41.8 Å². The molecule has 0 saturated carbocycles. The van der Waals surface area contributed by atoms with Crippen LogP contribution in [0.15, 0.2) is 48.7 Å². The van der Waals surface area contributed by atoms with Gasteiger partial charge in [-0.25, -0.2) is 9.50 Å². The zero-order valence-electron chi connectivity index (χ0n) is 8.96. The molecule has 0 amide bonds. The van der Waals surface area contributed by atoms with Crippen molar-refractivity contribution in [3.05, 3.63) is 54.4 Å². The number of rotatable bonds is 1. The number of aryl methyl sites for hydroxylation is 1. The van der Waals surface area contributed by atoms with E-state index >= 15 is 0 Å². The van der Waals surface area contributed by atoms with E-state index in [-0.39, 0.29) is 0 Å². The minimum absolute atomic E-state index is 0.888. The minimum Gasteiger partial charge on any atom is -0.237 e. The minimum atomic E-state index is 0.888. The molecule has 0 aliphatic carbocycles. The standard InChI is InChI=1S/C13H11N3/c1-10-7-8-14-13-9-12(15-16(10)13)11-5-3-2-4-6-11/h2-9H,1H3. The van der Waals surface area contributed by atoms with Gasteiger partial charge in [0, 0.05) is 23.5 Å². The Hall–Kier alpha value is -2.16. The van der Waals surface area contributed by atoms with Gasteiger partial charge in [0.2, 0.25) is 0 Å². The first kappa shape index (κ1) is 9.09. The van der Waals surface area contributed by atoms with Gasteiger partial charge in [-0.1, -0.05) is 30.3 Å². The molecule has 0 bridgehead atoms. The monoisotopic (exact) mass is 209 g/mol. The lowest BCUT2D eigenvalue weighted by Crippen LogP contribution is -1.93. The van der Waals surface area contributed by atoms with Crippen molar-refractivity contribution < 1.29 is 0 Å². The van der Waals surface area contributed by atoms with E-state index in [1.165, 1.54) is 0 Å². The van der Waals surface area contributed by atoms with Crippen LogP contribution < -0.4 is 0 Å². The summed E-state index contributed by atoms with van der Waals surface area (Å²) in [5.74, 6) is 0. The van der Waals surface area contributed by atoms with Crippen molar-refractivity contribution in [2.45, 2.75) is 6.92 Å². The second-order valence-electron chi connectivity index (χ2n) is 3.75. The molecule has 2 heterocycles. The SMILES string of the molecule is Cc1ccnc2cc(-c3ccccc3)nn12. The van der Waals surface area contributed by atoms with Gasteiger partial charge in [0.05, 0.1) is 5.69 Å². The van der Waals surface area contributed by atoms with Crippen LogP contribution in [0.1, 0.15) is 5.69 Å². The first-order valence-corrected chi connectivity index (χ1v) is 5.21. The fourth-order valence-corrected chi connectivity index (χ4v) is 1.76. The molecule has 2 aromatic heterocycles. The van der Waals surface area contributed by atoms with E-state index in [1.54, 1.807) is 6.20 Å². The van der Waals surface area contributed by atoms with Gasteiger partial charge in [0.25, 0.3) is 0 Å². The molecule has 0 aliphatic rings. The highest BCUT2D eigenvalue weighted by Gasteiger charge is 2.05. The molecule has 0 unspecified atom stereocenters. The van der Waals surface area contributed by atoms with Crippen LogP contribution in [0.5, 0.6) is 0 Å². The molecule has 3 rings (SSSR count). The Bertz CT molecular complexity index is 626. The highest BCUT2D eigenvalue weighted by molar-refractivity contribution is 5.63. The average Bonchev–Trinajstić information content (AvgIpc) is 2.76. The summed E-state index contributed by atoms with van der Waals surface area (Å²) >= 11 is 0. The predicted molar refractivity (Wildman–Crippen MR) is 63.2 cm³/mol. The van der Waals surface area contributed by atoms with E-state index in [2.05, 4.69) is 22.2 Å². The Balaban J connectivity index is 2.23. The Morgan fingerprint density at radius 3 is 2.62 bits per heavy atom. The number of aromatic nitrogens is 3. The van der Waals surface area contributed by atoms with Crippen LogP contribution in [0.2, 0.25) is 0 Å². The summed E-state index contributed by atoms with van der Waals surface area (Å²) in [6.07, 6.45) is 1.81. The number of fused-ring (bicyclic) bond motifs is 1. The maximum atomic E-state index is 4.54. The summed E-state index contributed by atoms with van der Waals surface area (Å²) in [6.45, 7) is 2.02. The number of hydrogen-bond donors (Lipinski definition) is 0. The smallest absolute Gasteiger partial charge is 0.155 e. The van der Waals surface area contributed by atoms with Crippen molar-refractivity contribution >= 4 is 5.65 Å². The van der Waals surface area contributed by atoms with E-state index < -0.39 is 0 Å². The molecule has 0 saturated heterocycles. The molecule has 0 aliphatic heterocycles. The summed E-state index contributed by atoms with van der Waals surface area (Å²) < 4.78 is 1.86. The van der Waals surface area contributed by atoms with Crippen molar-refractivity contribution in [1.29, 1.82) is 0 Å². The first-order chi connectivity index (χ1) is 7.84. The molecular formula is C13H11N3. The fraction of sp³-hybridized carbons (Fsp3) is 0.0769. The van der Waals surface area contributed by atoms with Crippen LogP contribution in [0, 0.1) is 6.92 Å². The maximum absolute atomic E-state index is 4.54. The Labute approximate surface area is 93.4 Å². The van der Waals surface area contributed by atoms with Crippen LogP contribution in [0.3, 0.4) is 0 Å². The molecule has 0 spiro atoms. The van der Waals surface area contributed by atoms with Gasteiger partial charge in [0.1, 0.15) is 0 Å². The molecule has 0 radical (unpaired) electrons. The highest BCUT2D eigenvalue weighted by atomic mass is 15.3. The molecule has 1 aromatic carbocycles. The van der Waals surface area contributed by atoms with Gasteiger partial charge in [-0.2, -0.15) is 5.10 Å². The topological polar surface area (TPSA) is 30.2 Å². The highest BCUT2D eigenvalue weighted by Crippen LogP contribution is 2.18. The van der Waals surface area contributed by atoms with E-state index in [0.29, 0.717) is 0 Å². The molecule has 0 atom stereocenters. The van der Waals surface area contributed by atoms with Gasteiger partial charge < -0.3 is 0 Å². The lowest BCUT2D eigenvalue weighted by Gasteiger charge is -1.95. The van der Waals surface area contributed by atoms with Gasteiger partial charge >= 0.3 is 0 Å². The van der Waals surface area contributed by atoms with Crippen LogP contribution in [-0.4, -0.2) is 14.6 Å². The van der Waals surface area contributed by atoms with Crippen LogP contribution in [0.4, 0.5) is 0 Å². The third-order valence-electron chi connectivity index (χ3n) is 2.62. The van der Waals surface area contributed by atoms with Crippen molar-refractivity contribution in [1.82, 2.24) is 14.6 Å². The van der Waals surface area contributed by atoms with Gasteiger partial charge in [-0.15, -0.1) is 0 Å². The Morgan fingerprint density at radius 1 is 1.06 bits per heavy atom. The van der Waals surface area contributed by atoms with E-state index in [4.69, 9.17) is 0 Å². The normalized spacial score (nSPS) is 10.8. The molecule has 3 heteroatoms. The zero-order chi connectivity index (χ0) is 11.0. The van der Waals surface area contributed by atoms with Crippen molar-refractivity contribution in [3.8, 4) is 11.3 Å². The summed E-state index contributed by atoms with van der Waals surface area (Å²) in [5.41, 5.74) is 4.06. The average molecular weight is 209 g/mol. The molecule has 3 nitrogen and oxygen atoms in total. The molecule has 16 heavy (non-hydrogen) atoms. The predicted octanol–water partition coefficient (Wildman–Crippen LogP) is 2.70. The first-order valence-electron chi connectivity index (χ1n) is 5.21. The summed E-state index contributed by atoms with van der Waals surface area (Å²) in [7, 11) is 0. The van der Waals surface area contributed by atoms with Crippen LogP contribution in [-0.2, 0) is 0 Å². The molecule has 3 aromatic rings. The Kier molecular flexibility index (Phi) is 1.96. The van der Waals surface area contributed by atoms with Gasteiger partial charge in [-0.05, 0) is 13.0 Å². The number of nitrogens with zero attached hydrogens (tertiary/aromatic N) is 3. The number of benzene rings is 1. The lowest BCUT2D eigenvalue weighted by molar-refractivity contribution is 0.898. The summed E-state index contributed by atoms with van der Waals surface area (Å²) in [6, 6.07) is 14.1. The molecule has 78 valence electrons. The lowest BCUT2D eigenvalue weighted by atomic mass is 10.2. The van der Waals surface area contributed by atoms with Crippen molar-refractivity contribution in [2.75, 3.05) is 0 Å². The molecule has 0 N–H and O–H groups in total. The largest absolute Gasteiger partial charge is 0.237 e. The summed E-state index contributed by atoms with van der Waals surface area (Å²) in [4.78, 5) is 4.29.